The van der Waals surface area contributed by atoms with Crippen LogP contribution in [0, 0.1) is 0 Å². The van der Waals surface area contributed by atoms with E-state index in [1.165, 1.54) is 24.3 Å². The minimum Gasteiger partial charge on any atom is -0.170 e. The predicted molar refractivity (Wildman–Crippen MR) is 62.6 cm³/mol. The molecule has 92 valence electrons. The van der Waals surface area contributed by atoms with E-state index >= 15 is 0 Å². The highest BCUT2D eigenvalue weighted by Gasteiger charge is 2.55. The summed E-state index contributed by atoms with van der Waals surface area (Å²) in [4.78, 5) is 0. The van der Waals surface area contributed by atoms with Gasteiger partial charge in [0.2, 0.25) is 0 Å². The molecule has 17 heavy (non-hydrogen) atoms. The molecule has 0 saturated heterocycles. The highest BCUT2D eigenvalue weighted by atomic mass is 35.5. The lowest BCUT2D eigenvalue weighted by atomic mass is 9.79. The average molecular weight is 281 g/mol. The number of halogens is 5. The first-order valence-electron chi connectivity index (χ1n) is 5.06. The quantitative estimate of drug-likeness (QED) is 0.625. The molecule has 5 heteroatoms. The van der Waals surface area contributed by atoms with Gasteiger partial charge in [0.15, 0.2) is 0 Å². The Morgan fingerprint density at radius 3 is 2.06 bits per heavy atom. The maximum Gasteiger partial charge on any atom is 0.401 e. The molecule has 1 aliphatic carbocycles. The van der Waals surface area contributed by atoms with Crippen LogP contribution in [-0.4, -0.2) is 6.18 Å². The normalized spacial score (nSPS) is 24.3. The van der Waals surface area contributed by atoms with E-state index in [1.54, 1.807) is 6.08 Å². The molecule has 1 atom stereocenters. The zero-order valence-corrected chi connectivity index (χ0v) is 10.2. The Labute approximate surface area is 107 Å². The smallest absolute Gasteiger partial charge is 0.170 e. The fourth-order valence-corrected chi connectivity index (χ4v) is 2.66. The number of hydrogen-bond donors (Lipinski definition) is 0. The van der Waals surface area contributed by atoms with Gasteiger partial charge in [-0.25, -0.2) is 0 Å². The third-order valence-corrected chi connectivity index (χ3v) is 3.43. The van der Waals surface area contributed by atoms with Crippen LogP contribution in [0.25, 0.3) is 0 Å². The van der Waals surface area contributed by atoms with Crippen molar-refractivity contribution in [2.24, 2.45) is 0 Å². The van der Waals surface area contributed by atoms with Gasteiger partial charge in [0.1, 0.15) is 5.41 Å². The average Bonchev–Trinajstić information content (AvgIpc) is 2.64. The molecule has 0 amide bonds. The Morgan fingerprint density at radius 2 is 1.65 bits per heavy atom. The van der Waals surface area contributed by atoms with E-state index in [0.29, 0.717) is 6.42 Å². The van der Waals surface area contributed by atoms with Crippen LogP contribution in [0.3, 0.4) is 0 Å². The van der Waals surface area contributed by atoms with E-state index in [1.807, 2.05) is 0 Å². The van der Waals surface area contributed by atoms with Crippen LogP contribution in [-0.2, 0) is 5.41 Å². The van der Waals surface area contributed by atoms with Crippen molar-refractivity contribution in [3.05, 3.63) is 46.0 Å². The summed E-state index contributed by atoms with van der Waals surface area (Å²) in [5.74, 6) is 0. The van der Waals surface area contributed by atoms with Crippen LogP contribution < -0.4 is 0 Å². The van der Waals surface area contributed by atoms with Crippen LogP contribution in [0.5, 0.6) is 0 Å². The van der Waals surface area contributed by atoms with Gasteiger partial charge < -0.3 is 0 Å². The van der Waals surface area contributed by atoms with Crippen molar-refractivity contribution in [1.82, 2.24) is 0 Å². The summed E-state index contributed by atoms with van der Waals surface area (Å²) in [5.41, 5.74) is -1.84. The number of hydrogen-bond acceptors (Lipinski definition) is 0. The fourth-order valence-electron chi connectivity index (χ4n) is 2.13. The zero-order valence-electron chi connectivity index (χ0n) is 8.69. The lowest BCUT2D eigenvalue weighted by Crippen LogP contribution is -2.38. The van der Waals surface area contributed by atoms with Crippen molar-refractivity contribution in [3.63, 3.8) is 0 Å². The van der Waals surface area contributed by atoms with E-state index in [2.05, 4.69) is 0 Å². The summed E-state index contributed by atoms with van der Waals surface area (Å²) in [7, 11) is 0. The first kappa shape index (κ1) is 12.8. The van der Waals surface area contributed by atoms with Gasteiger partial charge in [-0.2, -0.15) is 13.2 Å². The third-order valence-electron chi connectivity index (χ3n) is 2.99. The maximum atomic E-state index is 13.2. The molecule has 0 radical (unpaired) electrons. The van der Waals surface area contributed by atoms with Crippen molar-refractivity contribution >= 4 is 23.2 Å². The maximum absolute atomic E-state index is 13.2. The number of allylic oxidation sites excluding steroid dienone is 2. The summed E-state index contributed by atoms with van der Waals surface area (Å²) in [5, 5.41) is 0.438. The minimum absolute atomic E-state index is 0.00711. The van der Waals surface area contributed by atoms with Crippen LogP contribution >= 0.6 is 23.2 Å². The van der Waals surface area contributed by atoms with E-state index in [0.717, 1.165) is 0 Å². The highest BCUT2D eigenvalue weighted by Crippen LogP contribution is 2.49. The molecule has 1 aromatic carbocycles. The lowest BCUT2D eigenvalue weighted by molar-refractivity contribution is -0.175. The summed E-state index contributed by atoms with van der Waals surface area (Å²) in [6.45, 7) is 0. The lowest BCUT2D eigenvalue weighted by Gasteiger charge is -2.31. The van der Waals surface area contributed by atoms with Gasteiger partial charge in [0, 0.05) is 10.0 Å². The predicted octanol–water partition coefficient (Wildman–Crippen LogP) is 5.14. The highest BCUT2D eigenvalue weighted by molar-refractivity contribution is 6.34. The van der Waals surface area contributed by atoms with Gasteiger partial charge in [-0.3, -0.25) is 0 Å². The van der Waals surface area contributed by atoms with Gasteiger partial charge in [0.25, 0.3) is 0 Å². The molecule has 0 heterocycles. The van der Waals surface area contributed by atoms with Crippen molar-refractivity contribution in [2.45, 2.75) is 24.4 Å². The van der Waals surface area contributed by atoms with Crippen LogP contribution in [0.15, 0.2) is 30.4 Å². The molecule has 1 unspecified atom stereocenters. The van der Waals surface area contributed by atoms with Crippen LogP contribution in [0.4, 0.5) is 13.2 Å². The molecular weight excluding hydrogens is 272 g/mol. The second-order valence-electron chi connectivity index (χ2n) is 4.07. The summed E-state index contributed by atoms with van der Waals surface area (Å²) in [6, 6.07) is 4.09. The molecule has 1 aliphatic rings. The van der Waals surface area contributed by atoms with Crippen molar-refractivity contribution < 1.29 is 13.2 Å². The van der Waals surface area contributed by atoms with Gasteiger partial charge in [-0.1, -0.05) is 35.4 Å². The molecular formula is C12H9Cl2F3. The summed E-state index contributed by atoms with van der Waals surface area (Å²) >= 11 is 11.5. The van der Waals surface area contributed by atoms with Gasteiger partial charge in [-0.15, -0.1) is 0 Å². The largest absolute Gasteiger partial charge is 0.401 e. The Morgan fingerprint density at radius 1 is 1.06 bits per heavy atom. The van der Waals surface area contributed by atoms with Crippen molar-refractivity contribution in [1.29, 1.82) is 0 Å². The van der Waals surface area contributed by atoms with Gasteiger partial charge in [0.05, 0.1) is 0 Å². The Kier molecular flexibility index (Phi) is 3.17. The second-order valence-corrected chi connectivity index (χ2v) is 4.94. The topological polar surface area (TPSA) is 0 Å². The first-order chi connectivity index (χ1) is 7.85. The van der Waals surface area contributed by atoms with Gasteiger partial charge in [-0.05, 0) is 36.6 Å². The number of rotatable bonds is 1. The first-order valence-corrected chi connectivity index (χ1v) is 5.82. The molecule has 0 N–H and O–H groups in total. The van der Waals surface area contributed by atoms with Crippen molar-refractivity contribution in [3.8, 4) is 0 Å². The molecule has 0 fully saturated rings. The standard InChI is InChI=1S/C12H9Cl2F3/c13-9-5-8(6-10(14)7-9)11(12(15,16)17)3-1-2-4-11/h1,3,5-7H,2,4H2. The molecule has 1 aromatic rings. The Hall–Kier alpha value is -0.670. The van der Waals surface area contributed by atoms with E-state index in [-0.39, 0.29) is 22.0 Å². The number of benzene rings is 1. The van der Waals surface area contributed by atoms with E-state index in [9.17, 15) is 13.2 Å². The molecule has 0 bridgehead atoms. The number of alkyl halides is 3. The Balaban J connectivity index is 2.58. The molecule has 0 aromatic heterocycles. The van der Waals surface area contributed by atoms with E-state index < -0.39 is 11.6 Å². The monoisotopic (exact) mass is 280 g/mol. The van der Waals surface area contributed by atoms with Crippen LogP contribution in [0.2, 0.25) is 10.0 Å². The molecule has 2 rings (SSSR count). The fraction of sp³-hybridized carbons (Fsp3) is 0.333. The minimum atomic E-state index is -4.34. The van der Waals surface area contributed by atoms with Crippen molar-refractivity contribution in [2.75, 3.05) is 0 Å². The second kappa shape index (κ2) is 4.21. The Bertz CT molecular complexity index is 445. The molecule has 0 nitrogen and oxygen atoms in total. The molecule has 0 saturated carbocycles. The van der Waals surface area contributed by atoms with E-state index in [4.69, 9.17) is 23.2 Å². The zero-order chi connectivity index (χ0) is 12.7. The molecule has 0 aliphatic heterocycles. The molecule has 0 spiro atoms. The summed E-state index contributed by atoms with van der Waals surface area (Å²) in [6.07, 6.45) is -1.18. The summed E-state index contributed by atoms with van der Waals surface area (Å²) < 4.78 is 39.7. The third kappa shape index (κ3) is 2.18. The van der Waals surface area contributed by atoms with Gasteiger partial charge >= 0.3 is 6.18 Å². The van der Waals surface area contributed by atoms with Crippen LogP contribution in [0.1, 0.15) is 18.4 Å². The SMILES string of the molecule is FC(F)(F)C1(c2cc(Cl)cc(Cl)c2)C=CCC1.